The van der Waals surface area contributed by atoms with Gasteiger partial charge in [-0.25, -0.2) is 0 Å². The summed E-state index contributed by atoms with van der Waals surface area (Å²) in [5, 5.41) is 15.2. The normalized spacial score (nSPS) is 27.7. The average Bonchev–Trinajstić information content (AvgIpc) is 3.15. The molecule has 0 bridgehead atoms. The zero-order chi connectivity index (χ0) is 12.7. The second kappa shape index (κ2) is 3.76. The van der Waals surface area contributed by atoms with Gasteiger partial charge >= 0.3 is 0 Å². The Kier molecular flexibility index (Phi) is 2.22. The van der Waals surface area contributed by atoms with E-state index in [1.165, 1.54) is 0 Å². The molecule has 1 aromatic carbocycles. The lowest BCUT2D eigenvalue weighted by Crippen LogP contribution is -2.26. The summed E-state index contributed by atoms with van der Waals surface area (Å²) in [6.45, 7) is 0. The zero-order valence-electron chi connectivity index (χ0n) is 9.37. The minimum atomic E-state index is -0.641. The Morgan fingerprint density at radius 2 is 2.39 bits per heavy atom. The summed E-state index contributed by atoms with van der Waals surface area (Å²) in [5.41, 5.74) is 10.8. The van der Waals surface area contributed by atoms with Gasteiger partial charge < -0.3 is 5.32 Å². The third-order valence-electron chi connectivity index (χ3n) is 3.53. The first kappa shape index (κ1) is 10.6. The van der Waals surface area contributed by atoms with E-state index in [1.54, 1.807) is 18.2 Å². The molecule has 1 saturated carbocycles. The van der Waals surface area contributed by atoms with Crippen molar-refractivity contribution in [2.45, 2.75) is 18.4 Å². The fourth-order valence-electron chi connectivity index (χ4n) is 2.57. The second-order valence-electron chi connectivity index (χ2n) is 4.56. The highest BCUT2D eigenvalue weighted by Crippen LogP contribution is 2.54. The van der Waals surface area contributed by atoms with E-state index in [1.807, 2.05) is 0 Å². The number of benzene rings is 1. The van der Waals surface area contributed by atoms with E-state index in [-0.39, 0.29) is 17.7 Å². The molecule has 88 valence electrons. The summed E-state index contributed by atoms with van der Waals surface area (Å²) >= 11 is 0. The number of azide groups is 1. The van der Waals surface area contributed by atoms with Gasteiger partial charge in [-0.05, 0) is 47.6 Å². The molecule has 6 nitrogen and oxygen atoms in total. The first-order chi connectivity index (χ1) is 8.74. The second-order valence-corrected chi connectivity index (χ2v) is 4.56. The van der Waals surface area contributed by atoms with Crippen molar-refractivity contribution in [3.63, 3.8) is 0 Å². The van der Waals surface area contributed by atoms with Crippen molar-refractivity contribution in [1.29, 1.82) is 5.26 Å². The Bertz CT molecular complexity index is 626. The number of hydrogen-bond acceptors (Lipinski definition) is 3. The Hall–Kier alpha value is -2.51. The molecule has 2 aliphatic rings. The van der Waals surface area contributed by atoms with Gasteiger partial charge in [0.2, 0.25) is 5.91 Å². The van der Waals surface area contributed by atoms with E-state index in [4.69, 9.17) is 10.8 Å². The van der Waals surface area contributed by atoms with Crippen LogP contribution < -0.4 is 5.32 Å². The summed E-state index contributed by atoms with van der Waals surface area (Å²) in [6.07, 6.45) is 0.832. The number of anilines is 1. The lowest BCUT2D eigenvalue weighted by Gasteiger charge is -2.09. The standard InChI is InChI=1S/C12H9N5O/c13-5-6-1-2-10-8(3-6)7-4-9(7)11(16-17-14)12(18)15-10/h1-3,7,9,11H,4H2,(H,15,18). The Morgan fingerprint density at radius 3 is 3.11 bits per heavy atom. The van der Waals surface area contributed by atoms with Crippen LogP contribution in [0.25, 0.3) is 10.4 Å². The lowest BCUT2D eigenvalue weighted by molar-refractivity contribution is -0.117. The van der Waals surface area contributed by atoms with Gasteiger partial charge in [0.15, 0.2) is 0 Å². The molecule has 3 unspecified atom stereocenters. The Balaban J connectivity index is 2.05. The maximum absolute atomic E-state index is 11.9. The van der Waals surface area contributed by atoms with E-state index in [2.05, 4.69) is 21.4 Å². The van der Waals surface area contributed by atoms with Crippen molar-refractivity contribution in [2.75, 3.05) is 5.32 Å². The number of nitrogens with zero attached hydrogens (tertiary/aromatic N) is 4. The zero-order valence-corrected chi connectivity index (χ0v) is 9.37. The van der Waals surface area contributed by atoms with E-state index in [9.17, 15) is 4.79 Å². The van der Waals surface area contributed by atoms with Crippen molar-refractivity contribution in [3.05, 3.63) is 39.8 Å². The van der Waals surface area contributed by atoms with Gasteiger partial charge in [0.05, 0.1) is 11.6 Å². The SMILES string of the molecule is N#Cc1ccc2c(c1)C1CC1C(N=[N+]=[N-])C(=O)N2. The van der Waals surface area contributed by atoms with Gasteiger partial charge in [-0.15, -0.1) is 0 Å². The number of hydrogen-bond donors (Lipinski definition) is 1. The minimum absolute atomic E-state index is 0.0658. The van der Waals surface area contributed by atoms with Crippen molar-refractivity contribution >= 4 is 11.6 Å². The highest BCUT2D eigenvalue weighted by atomic mass is 16.2. The maximum atomic E-state index is 11.9. The van der Waals surface area contributed by atoms with E-state index >= 15 is 0 Å². The van der Waals surface area contributed by atoms with Crippen LogP contribution in [0, 0.1) is 17.2 Å². The van der Waals surface area contributed by atoms with Crippen LogP contribution in [0.2, 0.25) is 0 Å². The molecule has 1 heterocycles. The van der Waals surface area contributed by atoms with E-state index in [0.29, 0.717) is 5.56 Å². The van der Waals surface area contributed by atoms with Crippen LogP contribution in [0.5, 0.6) is 0 Å². The molecule has 1 N–H and O–H groups in total. The molecule has 0 saturated heterocycles. The summed E-state index contributed by atoms with van der Waals surface area (Å²) < 4.78 is 0. The van der Waals surface area contributed by atoms with Crippen LogP contribution in [0.1, 0.15) is 23.5 Å². The van der Waals surface area contributed by atoms with Gasteiger partial charge in [-0.1, -0.05) is 5.11 Å². The van der Waals surface area contributed by atoms with Crippen LogP contribution in [-0.2, 0) is 4.79 Å². The molecule has 1 aliphatic carbocycles. The number of fused-ring (bicyclic) bond motifs is 3. The number of nitrogens with one attached hydrogen (secondary N) is 1. The number of rotatable bonds is 1. The molecule has 0 radical (unpaired) electrons. The molecule has 1 fully saturated rings. The van der Waals surface area contributed by atoms with Crippen LogP contribution in [0.3, 0.4) is 0 Å². The van der Waals surface area contributed by atoms with Crippen LogP contribution in [-0.4, -0.2) is 11.9 Å². The fraction of sp³-hybridized carbons (Fsp3) is 0.333. The third-order valence-corrected chi connectivity index (χ3v) is 3.53. The van der Waals surface area contributed by atoms with Crippen molar-refractivity contribution in [2.24, 2.45) is 11.0 Å². The van der Waals surface area contributed by atoms with Gasteiger partial charge in [0.25, 0.3) is 0 Å². The molecular formula is C12H9N5O. The summed E-state index contributed by atoms with van der Waals surface area (Å²) in [4.78, 5) is 14.7. The quantitative estimate of drug-likeness (QED) is 0.461. The van der Waals surface area contributed by atoms with Crippen LogP contribution >= 0.6 is 0 Å². The molecular weight excluding hydrogens is 230 g/mol. The molecule has 3 rings (SSSR count). The Morgan fingerprint density at radius 1 is 1.56 bits per heavy atom. The largest absolute Gasteiger partial charge is 0.325 e. The summed E-state index contributed by atoms with van der Waals surface area (Å²) in [5.74, 6) is 0.0163. The van der Waals surface area contributed by atoms with E-state index in [0.717, 1.165) is 17.7 Å². The van der Waals surface area contributed by atoms with Crippen molar-refractivity contribution in [1.82, 2.24) is 0 Å². The summed E-state index contributed by atoms with van der Waals surface area (Å²) in [6, 6.07) is 6.66. The Labute approximate surface area is 103 Å². The molecule has 0 aromatic heterocycles. The number of carbonyl (C=O) groups excluding carboxylic acids is 1. The van der Waals surface area contributed by atoms with Gasteiger partial charge in [0.1, 0.15) is 6.04 Å². The van der Waals surface area contributed by atoms with Gasteiger partial charge in [0, 0.05) is 10.6 Å². The topological polar surface area (TPSA) is 102 Å². The first-order valence-electron chi connectivity index (χ1n) is 5.63. The van der Waals surface area contributed by atoms with Gasteiger partial charge in [-0.2, -0.15) is 5.26 Å². The fourth-order valence-corrected chi connectivity index (χ4v) is 2.57. The highest BCUT2D eigenvalue weighted by Gasteiger charge is 2.49. The van der Waals surface area contributed by atoms with E-state index < -0.39 is 6.04 Å². The van der Waals surface area contributed by atoms with Crippen molar-refractivity contribution < 1.29 is 4.79 Å². The van der Waals surface area contributed by atoms with Crippen molar-refractivity contribution in [3.8, 4) is 6.07 Å². The molecule has 0 spiro atoms. The average molecular weight is 239 g/mol. The lowest BCUT2D eigenvalue weighted by atomic mass is 10.0. The highest BCUT2D eigenvalue weighted by molar-refractivity contribution is 5.97. The maximum Gasteiger partial charge on any atom is 0.233 e. The third kappa shape index (κ3) is 1.50. The predicted molar refractivity (Wildman–Crippen MR) is 63.6 cm³/mol. The molecule has 6 heteroatoms. The minimum Gasteiger partial charge on any atom is -0.325 e. The molecule has 1 aromatic rings. The summed E-state index contributed by atoms with van der Waals surface area (Å²) in [7, 11) is 0. The van der Waals surface area contributed by atoms with Crippen LogP contribution in [0.15, 0.2) is 23.3 Å². The molecule has 18 heavy (non-hydrogen) atoms. The molecule has 3 atom stereocenters. The number of nitriles is 1. The van der Waals surface area contributed by atoms with Gasteiger partial charge in [-0.3, -0.25) is 4.79 Å². The number of carbonyl (C=O) groups is 1. The molecule has 1 aliphatic heterocycles. The first-order valence-corrected chi connectivity index (χ1v) is 5.63. The predicted octanol–water partition coefficient (Wildman–Crippen LogP) is 2.29. The smallest absolute Gasteiger partial charge is 0.233 e. The monoisotopic (exact) mass is 239 g/mol. The number of amides is 1. The van der Waals surface area contributed by atoms with Crippen LogP contribution in [0.4, 0.5) is 5.69 Å². The molecule has 1 amide bonds.